The number of nitro groups is 1. The van der Waals surface area contributed by atoms with E-state index in [0.717, 1.165) is 22.3 Å². The molecule has 0 fully saturated rings. The number of rotatable bonds is 2. The molecule has 2 unspecified atom stereocenters. The molecule has 0 radical (unpaired) electrons. The van der Waals surface area contributed by atoms with Gasteiger partial charge in [-0.1, -0.05) is 25.1 Å². The third-order valence-electron chi connectivity index (χ3n) is 5.22. The third kappa shape index (κ3) is 2.30. The average molecular weight is 360 g/mol. The molecule has 0 aliphatic carbocycles. The molecular weight excluding hydrogens is 344 g/mol. The first-order valence-corrected chi connectivity index (χ1v) is 8.51. The Balaban J connectivity index is 2.01. The maximum atomic E-state index is 13.2. The highest BCUT2D eigenvalue weighted by molar-refractivity contribution is 6.13. The zero-order valence-electron chi connectivity index (χ0n) is 14.8. The van der Waals surface area contributed by atoms with Crippen LogP contribution in [-0.2, 0) is 11.8 Å². The van der Waals surface area contributed by atoms with Gasteiger partial charge in [0.1, 0.15) is 5.92 Å². The summed E-state index contributed by atoms with van der Waals surface area (Å²) in [4.78, 5) is 25.2. The first kappa shape index (κ1) is 16.8. The van der Waals surface area contributed by atoms with Crippen LogP contribution in [0, 0.1) is 27.4 Å². The van der Waals surface area contributed by atoms with Crippen LogP contribution in [0.5, 0.6) is 0 Å². The van der Waals surface area contributed by atoms with E-state index in [1.165, 1.54) is 17.0 Å². The van der Waals surface area contributed by atoms with E-state index in [-0.39, 0.29) is 17.5 Å². The summed E-state index contributed by atoms with van der Waals surface area (Å²) in [6.07, 6.45) is 0. The fraction of sp³-hybridized carbons (Fsp3) is 0.200. The van der Waals surface area contributed by atoms with Gasteiger partial charge in [-0.25, -0.2) is 0 Å². The van der Waals surface area contributed by atoms with Crippen molar-refractivity contribution in [2.45, 2.75) is 12.8 Å². The number of hydrogen-bond donors (Lipinski definition) is 0. The van der Waals surface area contributed by atoms with E-state index in [2.05, 4.69) is 6.07 Å². The molecule has 7 heteroatoms. The second kappa shape index (κ2) is 5.95. The lowest BCUT2D eigenvalue weighted by molar-refractivity contribution is -0.384. The molecule has 1 amide bonds. The summed E-state index contributed by atoms with van der Waals surface area (Å²) in [5, 5.41) is 21.5. The standard InChI is InChI=1S/C20H16N4O3/c1-12-16(11-21)20(25)23(13-7-9-14(10-8-13)24(26)27)19-15-5-3-4-6-17(15)22(2)18(12)19/h3-10,12,16H,1-2H3. The highest BCUT2D eigenvalue weighted by Gasteiger charge is 2.42. The predicted octanol–water partition coefficient (Wildman–Crippen LogP) is 4.01. The number of aryl methyl sites for hydroxylation is 1. The topological polar surface area (TPSA) is 92.2 Å². The molecule has 0 N–H and O–H groups in total. The van der Waals surface area contributed by atoms with Crippen molar-refractivity contribution in [3.8, 4) is 6.07 Å². The van der Waals surface area contributed by atoms with Crippen molar-refractivity contribution in [1.29, 1.82) is 5.26 Å². The summed E-state index contributed by atoms with van der Waals surface area (Å²) in [5.74, 6) is -1.40. The van der Waals surface area contributed by atoms with E-state index < -0.39 is 10.8 Å². The number of fused-ring (bicyclic) bond motifs is 3. The molecule has 134 valence electrons. The second-order valence-corrected chi connectivity index (χ2v) is 6.65. The second-order valence-electron chi connectivity index (χ2n) is 6.65. The summed E-state index contributed by atoms with van der Waals surface area (Å²) in [5.41, 5.74) is 3.07. The van der Waals surface area contributed by atoms with Gasteiger partial charge in [-0.15, -0.1) is 0 Å². The number of anilines is 2. The van der Waals surface area contributed by atoms with Crippen molar-refractivity contribution in [1.82, 2.24) is 4.57 Å². The van der Waals surface area contributed by atoms with Crippen molar-refractivity contribution in [2.75, 3.05) is 4.90 Å². The quantitative estimate of drug-likeness (QED) is 0.510. The van der Waals surface area contributed by atoms with Gasteiger partial charge in [0.15, 0.2) is 0 Å². The predicted molar refractivity (Wildman–Crippen MR) is 101 cm³/mol. The highest BCUT2D eigenvalue weighted by atomic mass is 16.6. The Morgan fingerprint density at radius 3 is 2.44 bits per heavy atom. The maximum Gasteiger partial charge on any atom is 0.269 e. The fourth-order valence-electron chi connectivity index (χ4n) is 3.92. The first-order valence-electron chi connectivity index (χ1n) is 8.51. The maximum absolute atomic E-state index is 13.2. The van der Waals surface area contributed by atoms with Crippen molar-refractivity contribution >= 4 is 33.9 Å². The van der Waals surface area contributed by atoms with Gasteiger partial charge in [-0.2, -0.15) is 5.26 Å². The van der Waals surface area contributed by atoms with E-state index in [0.29, 0.717) is 5.69 Å². The van der Waals surface area contributed by atoms with Crippen LogP contribution in [0.25, 0.3) is 10.9 Å². The van der Waals surface area contributed by atoms with Crippen LogP contribution in [-0.4, -0.2) is 15.4 Å². The molecule has 7 nitrogen and oxygen atoms in total. The van der Waals surface area contributed by atoms with Gasteiger partial charge in [-0.05, 0) is 18.2 Å². The number of para-hydroxylation sites is 1. The van der Waals surface area contributed by atoms with Gasteiger partial charge in [0.05, 0.1) is 22.2 Å². The number of benzene rings is 2. The van der Waals surface area contributed by atoms with Gasteiger partial charge in [0.2, 0.25) is 5.91 Å². The zero-order chi connectivity index (χ0) is 19.3. The van der Waals surface area contributed by atoms with Gasteiger partial charge in [0.25, 0.3) is 5.69 Å². The minimum absolute atomic E-state index is 0.0495. The minimum atomic E-state index is -0.823. The molecule has 3 aromatic rings. The van der Waals surface area contributed by atoms with E-state index in [4.69, 9.17) is 0 Å². The summed E-state index contributed by atoms with van der Waals surface area (Å²) < 4.78 is 2.02. The molecule has 0 spiro atoms. The zero-order valence-corrected chi connectivity index (χ0v) is 14.8. The van der Waals surface area contributed by atoms with Crippen LogP contribution in [0.15, 0.2) is 48.5 Å². The lowest BCUT2D eigenvalue weighted by Gasteiger charge is -2.34. The van der Waals surface area contributed by atoms with Crippen LogP contribution in [0.4, 0.5) is 17.1 Å². The molecule has 2 aromatic carbocycles. The average Bonchev–Trinajstić information content (AvgIpc) is 2.96. The largest absolute Gasteiger partial charge is 0.345 e. The molecular formula is C20H16N4O3. The van der Waals surface area contributed by atoms with Crippen LogP contribution >= 0.6 is 0 Å². The molecule has 4 rings (SSSR count). The molecule has 0 saturated heterocycles. The number of non-ortho nitro benzene ring substituents is 1. The third-order valence-corrected chi connectivity index (χ3v) is 5.22. The van der Waals surface area contributed by atoms with E-state index in [1.54, 1.807) is 12.1 Å². The summed E-state index contributed by atoms with van der Waals surface area (Å²) in [6, 6.07) is 15.7. The Morgan fingerprint density at radius 2 is 1.81 bits per heavy atom. The van der Waals surface area contributed by atoms with Crippen molar-refractivity contribution in [3.63, 3.8) is 0 Å². The number of nitrogens with zero attached hydrogens (tertiary/aromatic N) is 4. The lowest BCUT2D eigenvalue weighted by atomic mass is 9.85. The van der Waals surface area contributed by atoms with E-state index in [9.17, 15) is 20.2 Å². The van der Waals surface area contributed by atoms with Crippen LogP contribution < -0.4 is 4.90 Å². The Kier molecular flexibility index (Phi) is 3.70. The summed E-state index contributed by atoms with van der Waals surface area (Å²) >= 11 is 0. The lowest BCUT2D eigenvalue weighted by Crippen LogP contribution is -2.39. The van der Waals surface area contributed by atoms with Gasteiger partial charge >= 0.3 is 0 Å². The number of carbonyl (C=O) groups excluding carboxylic acids is 1. The molecule has 2 atom stereocenters. The van der Waals surface area contributed by atoms with Gasteiger partial charge < -0.3 is 4.57 Å². The molecule has 0 saturated carbocycles. The Bertz CT molecular complexity index is 1120. The highest BCUT2D eigenvalue weighted by Crippen LogP contribution is 2.47. The Labute approximate surface area is 155 Å². The number of aromatic nitrogens is 1. The van der Waals surface area contributed by atoms with E-state index in [1.807, 2.05) is 42.8 Å². The smallest absolute Gasteiger partial charge is 0.269 e. The molecule has 1 aliphatic heterocycles. The molecule has 2 heterocycles. The molecule has 1 aromatic heterocycles. The number of hydrogen-bond acceptors (Lipinski definition) is 4. The Hall–Kier alpha value is -3.66. The molecule has 0 bridgehead atoms. The summed E-state index contributed by atoms with van der Waals surface area (Å²) in [6.45, 7) is 1.89. The SMILES string of the molecule is CC1c2c(c3ccccc3n2C)N(c2ccc([N+](=O)[O-])cc2)C(=O)C1C#N. The van der Waals surface area contributed by atoms with Crippen LogP contribution in [0.2, 0.25) is 0 Å². The number of nitriles is 1. The monoisotopic (exact) mass is 360 g/mol. The van der Waals surface area contributed by atoms with Crippen LogP contribution in [0.1, 0.15) is 18.5 Å². The van der Waals surface area contributed by atoms with Gasteiger partial charge in [-0.3, -0.25) is 19.8 Å². The van der Waals surface area contributed by atoms with Crippen molar-refractivity contribution < 1.29 is 9.72 Å². The van der Waals surface area contributed by atoms with Crippen LogP contribution in [0.3, 0.4) is 0 Å². The normalized spacial score (nSPS) is 19.0. The number of amides is 1. The first-order chi connectivity index (χ1) is 13.0. The Morgan fingerprint density at radius 1 is 1.15 bits per heavy atom. The summed E-state index contributed by atoms with van der Waals surface area (Å²) in [7, 11) is 1.93. The number of nitro benzene ring substituents is 1. The van der Waals surface area contributed by atoms with Crippen molar-refractivity contribution in [3.05, 3.63) is 64.3 Å². The fourth-order valence-corrected chi connectivity index (χ4v) is 3.92. The van der Waals surface area contributed by atoms with Crippen molar-refractivity contribution in [2.24, 2.45) is 13.0 Å². The number of carbonyl (C=O) groups is 1. The minimum Gasteiger partial charge on any atom is -0.345 e. The van der Waals surface area contributed by atoms with Gasteiger partial charge in [0, 0.05) is 41.9 Å². The van der Waals surface area contributed by atoms with E-state index >= 15 is 0 Å². The molecule has 27 heavy (non-hydrogen) atoms. The molecule has 1 aliphatic rings.